The van der Waals surface area contributed by atoms with Crippen LogP contribution < -0.4 is 5.73 Å². The fourth-order valence-electron chi connectivity index (χ4n) is 1.84. The second-order valence-corrected chi connectivity index (χ2v) is 3.85. The third-order valence-corrected chi connectivity index (χ3v) is 2.68. The molecule has 1 aliphatic carbocycles. The van der Waals surface area contributed by atoms with E-state index in [9.17, 15) is 13.2 Å². The van der Waals surface area contributed by atoms with Crippen LogP contribution in [-0.4, -0.2) is 24.9 Å². The molecule has 2 nitrogen and oxygen atoms in total. The van der Waals surface area contributed by atoms with Gasteiger partial charge in [-0.15, -0.1) is 0 Å². The molecule has 2 N–H and O–H groups in total. The summed E-state index contributed by atoms with van der Waals surface area (Å²) < 4.78 is 40.8. The van der Waals surface area contributed by atoms with Crippen LogP contribution >= 0.6 is 0 Å². The molecule has 0 saturated heterocycles. The van der Waals surface area contributed by atoms with E-state index in [4.69, 9.17) is 10.5 Å². The zero-order valence-corrected chi connectivity index (χ0v) is 8.07. The summed E-state index contributed by atoms with van der Waals surface area (Å²) >= 11 is 0. The lowest BCUT2D eigenvalue weighted by atomic mass is 9.85. The highest BCUT2D eigenvalue weighted by Crippen LogP contribution is 2.32. The number of hydrogen-bond acceptors (Lipinski definition) is 2. The van der Waals surface area contributed by atoms with Crippen LogP contribution in [0.5, 0.6) is 0 Å². The lowest BCUT2D eigenvalue weighted by Crippen LogP contribution is -2.44. The largest absolute Gasteiger partial charge is 0.411 e. The van der Waals surface area contributed by atoms with Crippen LogP contribution in [0.15, 0.2) is 0 Å². The molecule has 0 heterocycles. The van der Waals surface area contributed by atoms with Crippen LogP contribution in [-0.2, 0) is 4.74 Å². The first-order chi connectivity index (χ1) is 6.47. The summed E-state index contributed by atoms with van der Waals surface area (Å²) in [5, 5.41) is 0. The Kier molecular flexibility index (Phi) is 3.78. The number of ether oxygens (including phenoxy) is 1. The van der Waals surface area contributed by atoms with Crippen LogP contribution in [0.25, 0.3) is 0 Å². The lowest BCUT2D eigenvalue weighted by Gasteiger charge is -2.36. The molecule has 0 bridgehead atoms. The molecule has 0 spiro atoms. The molecular weight excluding hydrogens is 195 g/mol. The molecule has 0 unspecified atom stereocenters. The van der Waals surface area contributed by atoms with E-state index in [1.165, 1.54) is 0 Å². The molecule has 0 amide bonds. The average molecular weight is 211 g/mol. The molecule has 0 aromatic rings. The first-order valence-corrected chi connectivity index (χ1v) is 4.88. The summed E-state index contributed by atoms with van der Waals surface area (Å²) in [5.74, 6) is 0. The molecule has 5 heteroatoms. The molecule has 0 aromatic carbocycles. The molecular formula is C9H16F3NO. The minimum Gasteiger partial charge on any atom is -0.364 e. The van der Waals surface area contributed by atoms with Gasteiger partial charge in [-0.1, -0.05) is 19.3 Å². The number of halogens is 3. The van der Waals surface area contributed by atoms with E-state index < -0.39 is 18.4 Å². The standard InChI is InChI=1S/C9H16F3NO/c10-9(11,12)7-14-8(6-13)4-2-1-3-5-8/h1-7,13H2. The predicted molar refractivity (Wildman–Crippen MR) is 46.9 cm³/mol. The highest BCUT2D eigenvalue weighted by atomic mass is 19.4. The molecule has 1 saturated carbocycles. The highest BCUT2D eigenvalue weighted by Gasteiger charge is 2.37. The van der Waals surface area contributed by atoms with Crippen LogP contribution in [0.2, 0.25) is 0 Å². The highest BCUT2D eigenvalue weighted by molar-refractivity contribution is 4.85. The van der Waals surface area contributed by atoms with Gasteiger partial charge < -0.3 is 10.5 Å². The zero-order chi connectivity index (χ0) is 10.7. The monoisotopic (exact) mass is 211 g/mol. The van der Waals surface area contributed by atoms with Crippen molar-refractivity contribution >= 4 is 0 Å². The molecule has 0 aliphatic heterocycles. The summed E-state index contributed by atoms with van der Waals surface area (Å²) in [6, 6.07) is 0. The lowest BCUT2D eigenvalue weighted by molar-refractivity contribution is -0.209. The van der Waals surface area contributed by atoms with E-state index in [0.29, 0.717) is 12.8 Å². The van der Waals surface area contributed by atoms with Gasteiger partial charge in [0.05, 0.1) is 5.60 Å². The van der Waals surface area contributed by atoms with Gasteiger partial charge in [-0.05, 0) is 12.8 Å². The molecule has 1 rings (SSSR count). The topological polar surface area (TPSA) is 35.2 Å². The Bertz CT molecular complexity index is 175. The van der Waals surface area contributed by atoms with E-state index in [0.717, 1.165) is 19.3 Å². The second kappa shape index (κ2) is 4.49. The van der Waals surface area contributed by atoms with Crippen molar-refractivity contribution in [1.82, 2.24) is 0 Å². The van der Waals surface area contributed by atoms with E-state index in [2.05, 4.69) is 0 Å². The molecule has 1 aliphatic rings. The summed E-state index contributed by atoms with van der Waals surface area (Å²) in [6.45, 7) is -0.993. The van der Waals surface area contributed by atoms with Crippen molar-refractivity contribution < 1.29 is 17.9 Å². The first kappa shape index (κ1) is 11.8. The van der Waals surface area contributed by atoms with E-state index >= 15 is 0 Å². The Morgan fingerprint density at radius 1 is 1.14 bits per heavy atom. The van der Waals surface area contributed by atoms with Crippen molar-refractivity contribution in [2.45, 2.75) is 43.9 Å². The van der Waals surface area contributed by atoms with Gasteiger partial charge in [-0.25, -0.2) is 0 Å². The third-order valence-electron chi connectivity index (χ3n) is 2.68. The maximum absolute atomic E-state index is 12.0. The van der Waals surface area contributed by atoms with Crippen molar-refractivity contribution in [2.24, 2.45) is 5.73 Å². The smallest absolute Gasteiger partial charge is 0.364 e. The van der Waals surface area contributed by atoms with Crippen molar-refractivity contribution in [2.75, 3.05) is 13.2 Å². The molecule has 14 heavy (non-hydrogen) atoms. The van der Waals surface area contributed by atoms with Crippen molar-refractivity contribution in [1.29, 1.82) is 0 Å². The summed E-state index contributed by atoms with van der Waals surface area (Å²) in [4.78, 5) is 0. The van der Waals surface area contributed by atoms with Crippen LogP contribution in [0.3, 0.4) is 0 Å². The number of alkyl halides is 3. The molecule has 1 fully saturated rings. The van der Waals surface area contributed by atoms with Crippen LogP contribution in [0, 0.1) is 0 Å². The van der Waals surface area contributed by atoms with Crippen molar-refractivity contribution in [3.05, 3.63) is 0 Å². The first-order valence-electron chi connectivity index (χ1n) is 4.88. The van der Waals surface area contributed by atoms with Gasteiger partial charge in [-0.3, -0.25) is 0 Å². The molecule has 0 radical (unpaired) electrons. The Labute approximate surface area is 81.6 Å². The maximum atomic E-state index is 12.0. The van der Waals surface area contributed by atoms with E-state index in [-0.39, 0.29) is 6.54 Å². The van der Waals surface area contributed by atoms with Gasteiger partial charge in [0, 0.05) is 6.54 Å². The van der Waals surface area contributed by atoms with Gasteiger partial charge in [0.15, 0.2) is 0 Å². The molecule has 0 atom stereocenters. The second-order valence-electron chi connectivity index (χ2n) is 3.85. The Morgan fingerprint density at radius 3 is 2.14 bits per heavy atom. The summed E-state index contributed by atoms with van der Waals surface area (Å²) in [5.41, 5.74) is 4.76. The van der Waals surface area contributed by atoms with Gasteiger partial charge in [-0.2, -0.15) is 13.2 Å². The Morgan fingerprint density at radius 2 is 1.71 bits per heavy atom. The minimum atomic E-state index is -4.25. The molecule has 84 valence electrons. The fourth-order valence-corrected chi connectivity index (χ4v) is 1.84. The maximum Gasteiger partial charge on any atom is 0.411 e. The average Bonchev–Trinajstić information content (AvgIpc) is 2.15. The van der Waals surface area contributed by atoms with Crippen LogP contribution in [0.4, 0.5) is 13.2 Å². The Balaban J connectivity index is 2.44. The molecule has 0 aromatic heterocycles. The van der Waals surface area contributed by atoms with Gasteiger partial charge in [0.25, 0.3) is 0 Å². The van der Waals surface area contributed by atoms with Gasteiger partial charge in [0.2, 0.25) is 0 Å². The van der Waals surface area contributed by atoms with E-state index in [1.807, 2.05) is 0 Å². The number of rotatable bonds is 3. The van der Waals surface area contributed by atoms with Gasteiger partial charge >= 0.3 is 6.18 Å². The summed E-state index contributed by atoms with van der Waals surface area (Å²) in [7, 11) is 0. The third kappa shape index (κ3) is 3.46. The Hall–Kier alpha value is -0.290. The van der Waals surface area contributed by atoms with Gasteiger partial charge in [0.1, 0.15) is 6.61 Å². The minimum absolute atomic E-state index is 0.184. The fraction of sp³-hybridized carbons (Fsp3) is 1.00. The number of nitrogens with two attached hydrogens (primary N) is 1. The van der Waals surface area contributed by atoms with Crippen LogP contribution in [0.1, 0.15) is 32.1 Å². The quantitative estimate of drug-likeness (QED) is 0.776. The van der Waals surface area contributed by atoms with E-state index in [1.54, 1.807) is 0 Å². The predicted octanol–water partition coefficient (Wildman–Crippen LogP) is 2.23. The number of hydrogen-bond donors (Lipinski definition) is 1. The van der Waals surface area contributed by atoms with Crippen molar-refractivity contribution in [3.63, 3.8) is 0 Å². The zero-order valence-electron chi connectivity index (χ0n) is 8.07. The normalized spacial score (nSPS) is 22.3. The van der Waals surface area contributed by atoms with Crippen molar-refractivity contribution in [3.8, 4) is 0 Å². The summed E-state index contributed by atoms with van der Waals surface area (Å²) in [6.07, 6.45) is -0.0555. The SMILES string of the molecule is NCC1(OCC(F)(F)F)CCCCC1.